The number of fused-ring (bicyclic) bond motifs is 1. The Morgan fingerprint density at radius 2 is 2.18 bits per heavy atom. The zero-order chi connectivity index (χ0) is 11.7. The summed E-state index contributed by atoms with van der Waals surface area (Å²) in [6, 6.07) is 9.39. The lowest BCUT2D eigenvalue weighted by Crippen LogP contribution is -2.40. The van der Waals surface area contributed by atoms with Crippen LogP contribution in [0.3, 0.4) is 0 Å². The summed E-state index contributed by atoms with van der Waals surface area (Å²) in [4.78, 5) is 0. The molecule has 1 saturated carbocycles. The number of nitrogens with one attached hydrogen (secondary N) is 1. The number of hydrogen-bond donors (Lipinski definition) is 1. The van der Waals surface area contributed by atoms with Crippen LogP contribution in [0.5, 0.6) is 0 Å². The second-order valence-corrected chi connectivity index (χ2v) is 5.32. The summed E-state index contributed by atoms with van der Waals surface area (Å²) in [6.07, 6.45) is 5.47. The van der Waals surface area contributed by atoms with Crippen LogP contribution in [-0.2, 0) is 11.2 Å². The Balaban J connectivity index is 1.53. The molecule has 2 aliphatic carbocycles. The van der Waals surface area contributed by atoms with Gasteiger partial charge < -0.3 is 10.1 Å². The van der Waals surface area contributed by atoms with Gasteiger partial charge in [0, 0.05) is 25.6 Å². The average molecular weight is 231 g/mol. The van der Waals surface area contributed by atoms with Gasteiger partial charge in [0.1, 0.15) is 0 Å². The van der Waals surface area contributed by atoms with Crippen molar-refractivity contribution in [2.24, 2.45) is 0 Å². The molecule has 1 N–H and O–H groups in total. The minimum absolute atomic E-state index is 0.435. The van der Waals surface area contributed by atoms with Crippen molar-refractivity contribution in [3.8, 4) is 0 Å². The maximum atomic E-state index is 5.51. The first kappa shape index (κ1) is 11.2. The molecule has 1 aromatic carbocycles. The molecule has 0 saturated heterocycles. The van der Waals surface area contributed by atoms with Gasteiger partial charge in [-0.3, -0.25) is 0 Å². The Labute approximate surface area is 103 Å². The van der Waals surface area contributed by atoms with Crippen LogP contribution in [0, 0.1) is 0 Å². The quantitative estimate of drug-likeness (QED) is 0.859. The highest BCUT2D eigenvalue weighted by Crippen LogP contribution is 2.34. The van der Waals surface area contributed by atoms with Crippen LogP contribution in [0.4, 0.5) is 0 Å². The standard InChI is InChI=1S/C15H21NO/c1-17-15-8-4-7-14(15)16-10-12-9-11-5-2-3-6-13(11)12/h2-3,5-6,12,14-16H,4,7-10H2,1H3. The smallest absolute Gasteiger partial charge is 0.0724 e. The molecule has 0 aliphatic heterocycles. The Morgan fingerprint density at radius 1 is 1.29 bits per heavy atom. The van der Waals surface area contributed by atoms with Gasteiger partial charge in [0.2, 0.25) is 0 Å². The van der Waals surface area contributed by atoms with Gasteiger partial charge in [-0.05, 0) is 36.8 Å². The molecule has 2 heteroatoms. The van der Waals surface area contributed by atoms with Gasteiger partial charge in [0.25, 0.3) is 0 Å². The molecule has 1 aromatic rings. The first-order chi connectivity index (χ1) is 8.38. The summed E-state index contributed by atoms with van der Waals surface area (Å²) in [5.74, 6) is 0.726. The number of ether oxygens (including phenoxy) is 1. The summed E-state index contributed by atoms with van der Waals surface area (Å²) in [5.41, 5.74) is 3.08. The first-order valence-electron chi connectivity index (χ1n) is 6.72. The van der Waals surface area contributed by atoms with Crippen LogP contribution in [0.15, 0.2) is 24.3 Å². The molecule has 3 atom stereocenters. The van der Waals surface area contributed by atoms with Crippen molar-refractivity contribution in [3.63, 3.8) is 0 Å². The zero-order valence-electron chi connectivity index (χ0n) is 10.5. The molecule has 0 spiro atoms. The Hall–Kier alpha value is -0.860. The molecule has 3 unspecified atom stereocenters. The van der Waals surface area contributed by atoms with Crippen LogP contribution >= 0.6 is 0 Å². The SMILES string of the molecule is COC1CCCC1NCC1Cc2ccccc21. The number of benzene rings is 1. The number of hydrogen-bond acceptors (Lipinski definition) is 2. The third-order valence-electron chi connectivity index (χ3n) is 4.34. The second-order valence-electron chi connectivity index (χ2n) is 5.32. The fraction of sp³-hybridized carbons (Fsp3) is 0.600. The van der Waals surface area contributed by atoms with E-state index >= 15 is 0 Å². The first-order valence-corrected chi connectivity index (χ1v) is 6.72. The van der Waals surface area contributed by atoms with Crippen LogP contribution in [-0.4, -0.2) is 25.8 Å². The molecule has 2 aliphatic rings. The van der Waals surface area contributed by atoms with Crippen LogP contribution in [0.1, 0.15) is 36.3 Å². The van der Waals surface area contributed by atoms with E-state index in [0.29, 0.717) is 12.1 Å². The normalized spacial score (nSPS) is 31.0. The molecular weight excluding hydrogens is 210 g/mol. The van der Waals surface area contributed by atoms with E-state index in [1.54, 1.807) is 5.56 Å². The van der Waals surface area contributed by atoms with Crippen molar-refractivity contribution < 1.29 is 4.74 Å². The maximum Gasteiger partial charge on any atom is 0.0724 e. The molecule has 0 aromatic heterocycles. The van der Waals surface area contributed by atoms with E-state index in [0.717, 1.165) is 12.5 Å². The number of methoxy groups -OCH3 is 1. The second kappa shape index (κ2) is 4.79. The van der Waals surface area contributed by atoms with E-state index in [1.165, 1.54) is 31.2 Å². The predicted molar refractivity (Wildman–Crippen MR) is 69.3 cm³/mol. The van der Waals surface area contributed by atoms with Crippen molar-refractivity contribution in [1.82, 2.24) is 5.32 Å². The van der Waals surface area contributed by atoms with E-state index in [-0.39, 0.29) is 0 Å². The molecule has 0 heterocycles. The van der Waals surface area contributed by atoms with Crippen LogP contribution in [0.25, 0.3) is 0 Å². The molecule has 0 bridgehead atoms. The Bertz CT molecular complexity index is 390. The molecular formula is C15H21NO. The van der Waals surface area contributed by atoms with E-state index in [1.807, 2.05) is 7.11 Å². The summed E-state index contributed by atoms with van der Waals surface area (Å²) >= 11 is 0. The summed E-state index contributed by atoms with van der Waals surface area (Å²) < 4.78 is 5.51. The monoisotopic (exact) mass is 231 g/mol. The molecule has 1 fully saturated rings. The Kier molecular flexibility index (Phi) is 3.17. The lowest BCUT2D eigenvalue weighted by Gasteiger charge is -2.32. The average Bonchev–Trinajstić information content (AvgIpc) is 2.78. The van der Waals surface area contributed by atoms with Crippen molar-refractivity contribution in [1.29, 1.82) is 0 Å². The lowest BCUT2D eigenvalue weighted by molar-refractivity contribution is 0.0845. The van der Waals surface area contributed by atoms with Crippen molar-refractivity contribution >= 4 is 0 Å². The van der Waals surface area contributed by atoms with Crippen molar-refractivity contribution in [2.75, 3.05) is 13.7 Å². The minimum atomic E-state index is 0.435. The van der Waals surface area contributed by atoms with E-state index in [4.69, 9.17) is 4.74 Å². The van der Waals surface area contributed by atoms with E-state index in [9.17, 15) is 0 Å². The van der Waals surface area contributed by atoms with Crippen LogP contribution in [0.2, 0.25) is 0 Å². The largest absolute Gasteiger partial charge is 0.380 e. The van der Waals surface area contributed by atoms with E-state index < -0.39 is 0 Å². The van der Waals surface area contributed by atoms with Gasteiger partial charge in [-0.2, -0.15) is 0 Å². The third kappa shape index (κ3) is 2.12. The molecule has 92 valence electrons. The fourth-order valence-corrected chi connectivity index (χ4v) is 3.28. The zero-order valence-corrected chi connectivity index (χ0v) is 10.5. The molecule has 0 amide bonds. The lowest BCUT2D eigenvalue weighted by atomic mass is 9.77. The topological polar surface area (TPSA) is 21.3 Å². The van der Waals surface area contributed by atoms with Crippen molar-refractivity contribution in [2.45, 2.75) is 43.7 Å². The van der Waals surface area contributed by atoms with Crippen molar-refractivity contribution in [3.05, 3.63) is 35.4 Å². The third-order valence-corrected chi connectivity index (χ3v) is 4.34. The molecule has 17 heavy (non-hydrogen) atoms. The van der Waals surface area contributed by atoms with Gasteiger partial charge in [-0.1, -0.05) is 24.3 Å². The predicted octanol–water partition coefficient (Wildman–Crippen LogP) is 2.48. The highest BCUT2D eigenvalue weighted by molar-refractivity contribution is 5.40. The molecule has 3 rings (SSSR count). The maximum absolute atomic E-state index is 5.51. The summed E-state index contributed by atoms with van der Waals surface area (Å²) in [6.45, 7) is 1.11. The van der Waals surface area contributed by atoms with Gasteiger partial charge >= 0.3 is 0 Å². The molecule has 0 radical (unpaired) electrons. The Morgan fingerprint density at radius 3 is 3.00 bits per heavy atom. The van der Waals surface area contributed by atoms with Gasteiger partial charge in [-0.15, -0.1) is 0 Å². The summed E-state index contributed by atoms with van der Waals surface area (Å²) in [5, 5.41) is 3.70. The number of rotatable bonds is 4. The summed E-state index contributed by atoms with van der Waals surface area (Å²) in [7, 11) is 1.84. The molecule has 2 nitrogen and oxygen atoms in total. The highest BCUT2D eigenvalue weighted by atomic mass is 16.5. The van der Waals surface area contributed by atoms with Gasteiger partial charge in [0.15, 0.2) is 0 Å². The van der Waals surface area contributed by atoms with Gasteiger partial charge in [0.05, 0.1) is 6.10 Å². The van der Waals surface area contributed by atoms with Crippen LogP contribution < -0.4 is 5.32 Å². The van der Waals surface area contributed by atoms with Gasteiger partial charge in [-0.25, -0.2) is 0 Å². The van der Waals surface area contributed by atoms with E-state index in [2.05, 4.69) is 29.6 Å². The fourth-order valence-electron chi connectivity index (χ4n) is 3.28. The highest BCUT2D eigenvalue weighted by Gasteiger charge is 2.30. The minimum Gasteiger partial charge on any atom is -0.380 e.